The van der Waals surface area contributed by atoms with Crippen molar-refractivity contribution in [3.05, 3.63) is 0 Å². The second-order valence-corrected chi connectivity index (χ2v) is 5.07. The van der Waals surface area contributed by atoms with Crippen molar-refractivity contribution in [2.75, 3.05) is 13.1 Å². The van der Waals surface area contributed by atoms with Gasteiger partial charge in [0.25, 0.3) is 0 Å². The van der Waals surface area contributed by atoms with Crippen LogP contribution in [0.4, 0.5) is 0 Å². The van der Waals surface area contributed by atoms with E-state index in [4.69, 9.17) is 0 Å². The van der Waals surface area contributed by atoms with Crippen LogP contribution >= 0.6 is 0 Å². The van der Waals surface area contributed by atoms with Gasteiger partial charge in [0.2, 0.25) is 5.91 Å². The summed E-state index contributed by atoms with van der Waals surface area (Å²) in [5.41, 5.74) is 0. The van der Waals surface area contributed by atoms with E-state index in [0.29, 0.717) is 11.9 Å². The highest BCUT2D eigenvalue weighted by atomic mass is 16.2. The van der Waals surface area contributed by atoms with E-state index in [9.17, 15) is 4.79 Å². The van der Waals surface area contributed by atoms with Crippen LogP contribution in [0.1, 0.15) is 51.9 Å². The quantitative estimate of drug-likeness (QED) is 0.794. The van der Waals surface area contributed by atoms with Gasteiger partial charge < -0.3 is 10.2 Å². The molecule has 0 aromatic rings. The minimum absolute atomic E-state index is 0.113. The van der Waals surface area contributed by atoms with Crippen LogP contribution in [-0.4, -0.2) is 36.0 Å². The lowest BCUT2D eigenvalue weighted by Crippen LogP contribution is -2.48. The van der Waals surface area contributed by atoms with E-state index in [1.807, 2.05) is 0 Å². The number of hydrogen-bond donors (Lipinski definition) is 1. The molecule has 1 aliphatic carbocycles. The molecule has 0 spiro atoms. The van der Waals surface area contributed by atoms with Crippen molar-refractivity contribution in [2.24, 2.45) is 0 Å². The van der Waals surface area contributed by atoms with Gasteiger partial charge in [-0.05, 0) is 39.2 Å². The molecule has 1 aliphatic heterocycles. The van der Waals surface area contributed by atoms with Gasteiger partial charge in [-0.1, -0.05) is 19.3 Å². The molecule has 1 N–H and O–H groups in total. The van der Waals surface area contributed by atoms with Crippen molar-refractivity contribution in [3.63, 3.8) is 0 Å². The average Bonchev–Trinajstić information content (AvgIpc) is 2.85. The first-order valence-corrected chi connectivity index (χ1v) is 6.86. The van der Waals surface area contributed by atoms with Gasteiger partial charge in [0.1, 0.15) is 0 Å². The van der Waals surface area contributed by atoms with Crippen LogP contribution in [0.2, 0.25) is 0 Å². The molecule has 0 aromatic carbocycles. The third kappa shape index (κ3) is 2.57. The Bertz CT molecular complexity index is 230. The average molecular weight is 224 g/mol. The molecule has 92 valence electrons. The molecular weight excluding hydrogens is 200 g/mol. The normalized spacial score (nSPS) is 26.9. The summed E-state index contributed by atoms with van der Waals surface area (Å²) in [6.07, 6.45) is 8.56. The molecule has 0 unspecified atom stereocenters. The molecule has 2 aliphatic rings. The van der Waals surface area contributed by atoms with Gasteiger partial charge in [-0.2, -0.15) is 0 Å². The third-order valence-electron chi connectivity index (χ3n) is 4.00. The maximum absolute atomic E-state index is 12.3. The zero-order valence-electron chi connectivity index (χ0n) is 10.4. The van der Waals surface area contributed by atoms with E-state index in [2.05, 4.69) is 17.1 Å². The zero-order valence-corrected chi connectivity index (χ0v) is 10.4. The van der Waals surface area contributed by atoms with Crippen molar-refractivity contribution >= 4 is 5.91 Å². The number of carbonyl (C=O) groups is 1. The Morgan fingerprint density at radius 3 is 2.50 bits per heavy atom. The van der Waals surface area contributed by atoms with E-state index in [0.717, 1.165) is 25.9 Å². The number of nitrogens with one attached hydrogen (secondary N) is 1. The molecule has 1 saturated heterocycles. The third-order valence-corrected chi connectivity index (χ3v) is 4.00. The van der Waals surface area contributed by atoms with Crippen LogP contribution in [0, 0.1) is 0 Å². The number of nitrogens with zero attached hydrogens (tertiary/aromatic N) is 1. The molecule has 16 heavy (non-hydrogen) atoms. The van der Waals surface area contributed by atoms with Gasteiger partial charge in [-0.25, -0.2) is 0 Å². The maximum atomic E-state index is 12.3. The Labute approximate surface area is 98.6 Å². The van der Waals surface area contributed by atoms with E-state index in [1.54, 1.807) is 0 Å². The Balaban J connectivity index is 1.94. The fraction of sp³-hybridized carbons (Fsp3) is 0.923. The monoisotopic (exact) mass is 224 g/mol. The Hall–Kier alpha value is -0.570. The number of amides is 1. The molecule has 0 aromatic heterocycles. The zero-order chi connectivity index (χ0) is 11.4. The van der Waals surface area contributed by atoms with Crippen molar-refractivity contribution < 1.29 is 4.79 Å². The van der Waals surface area contributed by atoms with Gasteiger partial charge in [0.15, 0.2) is 0 Å². The number of rotatable bonds is 3. The van der Waals surface area contributed by atoms with Gasteiger partial charge in [0.05, 0.1) is 6.04 Å². The lowest BCUT2D eigenvalue weighted by Gasteiger charge is -2.35. The summed E-state index contributed by atoms with van der Waals surface area (Å²) in [7, 11) is 0. The van der Waals surface area contributed by atoms with Crippen molar-refractivity contribution in [1.29, 1.82) is 0 Å². The summed E-state index contributed by atoms with van der Waals surface area (Å²) in [4.78, 5) is 14.5. The second-order valence-electron chi connectivity index (χ2n) is 5.07. The van der Waals surface area contributed by atoms with E-state index < -0.39 is 0 Å². The predicted molar refractivity (Wildman–Crippen MR) is 65.3 cm³/mol. The number of hydrogen-bond acceptors (Lipinski definition) is 2. The molecule has 1 saturated carbocycles. The van der Waals surface area contributed by atoms with Crippen molar-refractivity contribution in [2.45, 2.75) is 64.0 Å². The molecule has 1 atom stereocenters. The highest BCUT2D eigenvalue weighted by molar-refractivity contribution is 5.82. The van der Waals surface area contributed by atoms with Crippen molar-refractivity contribution in [3.8, 4) is 0 Å². The molecule has 2 fully saturated rings. The van der Waals surface area contributed by atoms with E-state index in [-0.39, 0.29) is 6.04 Å². The van der Waals surface area contributed by atoms with E-state index >= 15 is 0 Å². The largest absolute Gasteiger partial charge is 0.339 e. The van der Waals surface area contributed by atoms with Gasteiger partial charge in [-0.15, -0.1) is 0 Å². The fourth-order valence-electron chi connectivity index (χ4n) is 3.08. The van der Waals surface area contributed by atoms with Crippen molar-refractivity contribution in [1.82, 2.24) is 10.2 Å². The van der Waals surface area contributed by atoms with Crippen LogP contribution in [0.3, 0.4) is 0 Å². The van der Waals surface area contributed by atoms with Crippen LogP contribution in [-0.2, 0) is 4.79 Å². The molecule has 0 bridgehead atoms. The summed E-state index contributed by atoms with van der Waals surface area (Å²) < 4.78 is 0. The van der Waals surface area contributed by atoms with E-state index in [1.165, 1.54) is 32.1 Å². The van der Waals surface area contributed by atoms with Crippen LogP contribution < -0.4 is 5.32 Å². The lowest BCUT2D eigenvalue weighted by atomic mass is 9.93. The summed E-state index contributed by atoms with van der Waals surface area (Å²) in [6, 6.07) is 0.635. The fourth-order valence-corrected chi connectivity index (χ4v) is 3.08. The first-order valence-electron chi connectivity index (χ1n) is 6.86. The standard InChI is InChI=1S/C13H24N2O/c1-2-15(11-7-4-3-5-8-11)13(16)12-9-6-10-14-12/h11-12,14H,2-10H2,1H3/t12-/m0/s1. The topological polar surface area (TPSA) is 32.3 Å². The molecule has 2 rings (SSSR count). The highest BCUT2D eigenvalue weighted by Gasteiger charge is 2.30. The first kappa shape index (κ1) is 11.9. The van der Waals surface area contributed by atoms with Gasteiger partial charge in [0, 0.05) is 12.6 Å². The Morgan fingerprint density at radius 1 is 1.19 bits per heavy atom. The molecular formula is C13H24N2O. The lowest BCUT2D eigenvalue weighted by molar-refractivity contribution is -0.135. The molecule has 3 heteroatoms. The van der Waals surface area contributed by atoms with Gasteiger partial charge >= 0.3 is 0 Å². The van der Waals surface area contributed by atoms with Crippen LogP contribution in [0.15, 0.2) is 0 Å². The SMILES string of the molecule is CCN(C(=O)[C@@H]1CCCN1)C1CCCCC1. The second kappa shape index (κ2) is 5.67. The summed E-state index contributed by atoms with van der Waals surface area (Å²) in [6.45, 7) is 4.00. The van der Waals surface area contributed by atoms with Crippen LogP contribution in [0.25, 0.3) is 0 Å². The summed E-state index contributed by atoms with van der Waals surface area (Å²) >= 11 is 0. The molecule has 1 amide bonds. The number of likely N-dealkylation sites (N-methyl/N-ethyl adjacent to an activating group) is 1. The highest BCUT2D eigenvalue weighted by Crippen LogP contribution is 2.23. The van der Waals surface area contributed by atoms with Crippen LogP contribution in [0.5, 0.6) is 0 Å². The van der Waals surface area contributed by atoms with Gasteiger partial charge in [-0.3, -0.25) is 4.79 Å². The molecule has 3 nitrogen and oxygen atoms in total. The smallest absolute Gasteiger partial charge is 0.239 e. The minimum atomic E-state index is 0.113. The minimum Gasteiger partial charge on any atom is -0.339 e. The number of carbonyl (C=O) groups excluding carboxylic acids is 1. The predicted octanol–water partition coefficient (Wildman–Crippen LogP) is 1.92. The Morgan fingerprint density at radius 2 is 1.94 bits per heavy atom. The summed E-state index contributed by atoms with van der Waals surface area (Å²) in [5, 5.41) is 3.32. The summed E-state index contributed by atoms with van der Waals surface area (Å²) in [5.74, 6) is 0.354. The molecule has 1 heterocycles. The maximum Gasteiger partial charge on any atom is 0.239 e. The molecule has 0 radical (unpaired) electrons. The first-order chi connectivity index (χ1) is 7.83. The Kier molecular flexibility index (Phi) is 4.22.